The van der Waals surface area contributed by atoms with Crippen LogP contribution in [-0.4, -0.2) is 18.5 Å². The second kappa shape index (κ2) is 6.18. The number of carbonyl (C=O) groups excluding carboxylic acids is 1. The summed E-state index contributed by atoms with van der Waals surface area (Å²) in [6, 6.07) is 0. The Balaban J connectivity index is 3.59. The second-order valence-corrected chi connectivity index (χ2v) is 4.95. The molecule has 0 aliphatic carbocycles. The lowest BCUT2D eigenvalue weighted by molar-refractivity contribution is -0.120. The first-order valence-corrected chi connectivity index (χ1v) is 5.44. The molecule has 0 rings (SSSR count). The predicted molar refractivity (Wildman–Crippen MR) is 59.4 cm³/mol. The van der Waals surface area contributed by atoms with Crippen molar-refractivity contribution in [3.05, 3.63) is 0 Å². The molecule has 0 aromatic rings. The molecule has 0 saturated carbocycles. The van der Waals surface area contributed by atoms with Crippen molar-refractivity contribution in [2.24, 2.45) is 5.92 Å². The topological polar surface area (TPSA) is 26.3 Å². The third-order valence-corrected chi connectivity index (χ3v) is 2.42. The van der Waals surface area contributed by atoms with Crippen molar-refractivity contribution in [3.8, 4) is 0 Å². The molecule has 14 heavy (non-hydrogen) atoms. The second-order valence-electron chi connectivity index (χ2n) is 4.95. The Hall–Kier alpha value is -0.370. The van der Waals surface area contributed by atoms with E-state index in [1.807, 2.05) is 0 Å². The molecule has 0 aliphatic heterocycles. The summed E-state index contributed by atoms with van der Waals surface area (Å²) in [6.45, 7) is 8.27. The Morgan fingerprint density at radius 1 is 1.36 bits per heavy atom. The number of hydrogen-bond donors (Lipinski definition) is 0. The van der Waals surface area contributed by atoms with Crippen molar-refractivity contribution in [1.82, 2.24) is 0 Å². The Bertz CT molecular complexity index is 171. The van der Waals surface area contributed by atoms with Gasteiger partial charge in [-0.1, -0.05) is 13.8 Å². The van der Waals surface area contributed by atoms with Gasteiger partial charge in [-0.25, -0.2) is 0 Å². The van der Waals surface area contributed by atoms with Crippen LogP contribution in [0.15, 0.2) is 0 Å². The van der Waals surface area contributed by atoms with Crippen LogP contribution in [0.25, 0.3) is 0 Å². The number of hydrogen-bond acceptors (Lipinski definition) is 2. The molecule has 0 N–H and O–H groups in total. The van der Waals surface area contributed by atoms with Crippen molar-refractivity contribution in [2.45, 2.75) is 59.0 Å². The van der Waals surface area contributed by atoms with Gasteiger partial charge < -0.3 is 4.74 Å². The van der Waals surface area contributed by atoms with E-state index in [1.54, 1.807) is 7.11 Å². The Labute approximate surface area is 88.0 Å². The highest BCUT2D eigenvalue weighted by Crippen LogP contribution is 2.17. The van der Waals surface area contributed by atoms with E-state index in [1.165, 1.54) is 0 Å². The molecule has 2 heteroatoms. The van der Waals surface area contributed by atoms with Gasteiger partial charge in [-0.15, -0.1) is 0 Å². The highest BCUT2D eigenvalue weighted by Gasteiger charge is 2.16. The molecule has 0 saturated heterocycles. The summed E-state index contributed by atoms with van der Waals surface area (Å²) in [6.07, 6.45) is 3.30. The van der Waals surface area contributed by atoms with Crippen LogP contribution in [0.4, 0.5) is 0 Å². The lowest BCUT2D eigenvalue weighted by atomic mass is 9.97. The lowest BCUT2D eigenvalue weighted by Crippen LogP contribution is -2.22. The Morgan fingerprint density at radius 3 is 2.36 bits per heavy atom. The van der Waals surface area contributed by atoms with Gasteiger partial charge in [-0.05, 0) is 32.6 Å². The molecular formula is C12H24O2. The molecule has 0 fully saturated rings. The summed E-state index contributed by atoms with van der Waals surface area (Å²) >= 11 is 0. The molecular weight excluding hydrogens is 176 g/mol. The zero-order valence-corrected chi connectivity index (χ0v) is 10.2. The van der Waals surface area contributed by atoms with E-state index >= 15 is 0 Å². The Morgan fingerprint density at radius 2 is 1.93 bits per heavy atom. The van der Waals surface area contributed by atoms with Crippen LogP contribution in [0.3, 0.4) is 0 Å². The van der Waals surface area contributed by atoms with Crippen molar-refractivity contribution in [1.29, 1.82) is 0 Å². The molecule has 0 aliphatic rings. The van der Waals surface area contributed by atoms with Gasteiger partial charge in [-0.3, -0.25) is 4.79 Å². The van der Waals surface area contributed by atoms with Gasteiger partial charge in [-0.2, -0.15) is 0 Å². The SMILES string of the molecule is COC(C)(C)CCCC(=O)CC(C)C. The van der Waals surface area contributed by atoms with Gasteiger partial charge in [0.15, 0.2) is 0 Å². The standard InChI is InChI=1S/C12H24O2/c1-10(2)9-11(13)7-6-8-12(3,4)14-5/h10H,6-9H2,1-5H3. The van der Waals surface area contributed by atoms with E-state index in [0.717, 1.165) is 12.8 Å². The van der Waals surface area contributed by atoms with Crippen molar-refractivity contribution < 1.29 is 9.53 Å². The van der Waals surface area contributed by atoms with Crippen molar-refractivity contribution in [3.63, 3.8) is 0 Å². The molecule has 0 spiro atoms. The monoisotopic (exact) mass is 200 g/mol. The van der Waals surface area contributed by atoms with Gasteiger partial charge >= 0.3 is 0 Å². The van der Waals surface area contributed by atoms with Gasteiger partial charge in [0, 0.05) is 20.0 Å². The number of methoxy groups -OCH3 is 1. The third-order valence-electron chi connectivity index (χ3n) is 2.42. The van der Waals surface area contributed by atoms with Crippen LogP contribution >= 0.6 is 0 Å². The summed E-state index contributed by atoms with van der Waals surface area (Å²) in [7, 11) is 1.72. The number of rotatable bonds is 7. The quantitative estimate of drug-likeness (QED) is 0.631. The van der Waals surface area contributed by atoms with E-state index in [2.05, 4.69) is 27.7 Å². The minimum absolute atomic E-state index is 0.0852. The van der Waals surface area contributed by atoms with Gasteiger partial charge in [0.05, 0.1) is 5.60 Å². The van der Waals surface area contributed by atoms with E-state index in [-0.39, 0.29) is 5.60 Å². The highest BCUT2D eigenvalue weighted by molar-refractivity contribution is 5.78. The molecule has 84 valence electrons. The minimum Gasteiger partial charge on any atom is -0.379 e. The zero-order valence-electron chi connectivity index (χ0n) is 10.2. The van der Waals surface area contributed by atoms with Crippen LogP contribution in [0.1, 0.15) is 53.4 Å². The summed E-state index contributed by atoms with van der Waals surface area (Å²) in [5.74, 6) is 0.866. The molecule has 0 amide bonds. The molecule has 0 aromatic carbocycles. The molecule has 0 radical (unpaired) electrons. The normalized spacial score (nSPS) is 12.1. The van der Waals surface area contributed by atoms with E-state index in [0.29, 0.717) is 24.5 Å². The fraction of sp³-hybridized carbons (Fsp3) is 0.917. The number of carbonyl (C=O) groups is 1. The molecule has 2 nitrogen and oxygen atoms in total. The highest BCUT2D eigenvalue weighted by atomic mass is 16.5. The molecule has 0 bridgehead atoms. The summed E-state index contributed by atoms with van der Waals surface area (Å²) in [5.41, 5.74) is -0.0852. The van der Waals surface area contributed by atoms with E-state index < -0.39 is 0 Å². The summed E-state index contributed by atoms with van der Waals surface area (Å²) in [4.78, 5) is 11.4. The Kier molecular flexibility index (Phi) is 6.01. The number of Topliss-reactive ketones (excluding diaryl/α,β-unsaturated/α-hetero) is 1. The molecule has 0 aromatic heterocycles. The maximum atomic E-state index is 11.4. The molecule has 0 unspecified atom stereocenters. The summed E-state index contributed by atoms with van der Waals surface area (Å²) < 4.78 is 5.29. The minimum atomic E-state index is -0.0852. The van der Waals surface area contributed by atoms with E-state index in [9.17, 15) is 4.79 Å². The fourth-order valence-electron chi connectivity index (χ4n) is 1.37. The van der Waals surface area contributed by atoms with Crippen LogP contribution in [0.2, 0.25) is 0 Å². The first-order chi connectivity index (χ1) is 6.37. The van der Waals surface area contributed by atoms with Crippen molar-refractivity contribution in [2.75, 3.05) is 7.11 Å². The lowest BCUT2D eigenvalue weighted by Gasteiger charge is -2.22. The maximum absolute atomic E-state index is 11.4. The molecule has 0 heterocycles. The zero-order chi connectivity index (χ0) is 11.2. The maximum Gasteiger partial charge on any atom is 0.133 e. The fourth-order valence-corrected chi connectivity index (χ4v) is 1.37. The largest absolute Gasteiger partial charge is 0.379 e. The number of ketones is 1. The smallest absolute Gasteiger partial charge is 0.133 e. The third kappa shape index (κ3) is 7.07. The van der Waals surface area contributed by atoms with Crippen LogP contribution in [0.5, 0.6) is 0 Å². The van der Waals surface area contributed by atoms with E-state index in [4.69, 9.17) is 4.74 Å². The summed E-state index contributed by atoms with van der Waals surface area (Å²) in [5, 5.41) is 0. The number of ether oxygens (including phenoxy) is 1. The van der Waals surface area contributed by atoms with Gasteiger partial charge in [0.1, 0.15) is 5.78 Å². The average molecular weight is 200 g/mol. The van der Waals surface area contributed by atoms with Crippen LogP contribution < -0.4 is 0 Å². The van der Waals surface area contributed by atoms with Crippen LogP contribution in [0, 0.1) is 5.92 Å². The average Bonchev–Trinajstić information content (AvgIpc) is 2.02. The van der Waals surface area contributed by atoms with Gasteiger partial charge in [0.25, 0.3) is 0 Å². The van der Waals surface area contributed by atoms with Crippen LogP contribution in [-0.2, 0) is 9.53 Å². The first-order valence-electron chi connectivity index (χ1n) is 5.44. The van der Waals surface area contributed by atoms with Crippen molar-refractivity contribution >= 4 is 5.78 Å². The predicted octanol–water partition coefficient (Wildman–Crippen LogP) is 3.20. The molecule has 0 atom stereocenters. The first kappa shape index (κ1) is 13.6. The van der Waals surface area contributed by atoms with Gasteiger partial charge in [0.2, 0.25) is 0 Å².